The zero-order valence-electron chi connectivity index (χ0n) is 14.6. The van der Waals surface area contributed by atoms with Gasteiger partial charge in [0.05, 0.1) is 12.9 Å². The van der Waals surface area contributed by atoms with Gasteiger partial charge in [-0.25, -0.2) is 4.68 Å². The topological polar surface area (TPSA) is 134 Å². The number of anilines is 2. The van der Waals surface area contributed by atoms with Crippen LogP contribution in [0.5, 0.6) is 5.75 Å². The van der Waals surface area contributed by atoms with Gasteiger partial charge in [0, 0.05) is 19.7 Å². The molecule has 26 heavy (non-hydrogen) atoms. The monoisotopic (exact) mass is 373 g/mol. The van der Waals surface area contributed by atoms with Crippen molar-refractivity contribution in [2.75, 3.05) is 37.7 Å². The molecule has 11 heteroatoms. The van der Waals surface area contributed by atoms with Crippen LogP contribution < -0.4 is 21.2 Å². The summed E-state index contributed by atoms with van der Waals surface area (Å²) in [5.74, 6) is 9.10. The minimum Gasteiger partial charge on any atom is -0.497 e. The summed E-state index contributed by atoms with van der Waals surface area (Å²) in [5, 5.41) is 8.84. The normalized spacial score (nSPS) is 10.7. The largest absolute Gasteiger partial charge is 0.497 e. The second kappa shape index (κ2) is 7.44. The zero-order valence-corrected chi connectivity index (χ0v) is 15.4. The fourth-order valence-corrected chi connectivity index (χ4v) is 2.84. The summed E-state index contributed by atoms with van der Waals surface area (Å²) in [6, 6.07) is 7.42. The summed E-state index contributed by atoms with van der Waals surface area (Å²) in [4.78, 5) is 14.3. The molecule has 0 unspecified atom stereocenters. The lowest BCUT2D eigenvalue weighted by molar-refractivity contribution is 0.415. The van der Waals surface area contributed by atoms with Crippen LogP contribution >= 0.6 is 11.8 Å². The van der Waals surface area contributed by atoms with Crippen molar-refractivity contribution in [1.29, 1.82) is 0 Å². The van der Waals surface area contributed by atoms with Crippen LogP contribution in [0.3, 0.4) is 0 Å². The molecule has 136 valence electrons. The highest BCUT2D eigenvalue weighted by atomic mass is 32.2. The van der Waals surface area contributed by atoms with E-state index < -0.39 is 0 Å². The number of hydrogen-bond acceptors (Lipinski definition) is 10. The molecule has 0 amide bonds. The summed E-state index contributed by atoms with van der Waals surface area (Å²) in [5.41, 5.74) is 6.57. The molecule has 0 bridgehead atoms. The molecule has 2 aromatic heterocycles. The van der Waals surface area contributed by atoms with E-state index in [4.69, 9.17) is 16.3 Å². The van der Waals surface area contributed by atoms with E-state index in [2.05, 4.69) is 25.1 Å². The fourth-order valence-electron chi connectivity index (χ4n) is 2.13. The number of nitrogen functional groups attached to an aromatic ring is 2. The minimum atomic E-state index is 0.174. The third-order valence-corrected chi connectivity index (χ3v) is 4.37. The first-order chi connectivity index (χ1) is 12.5. The Morgan fingerprint density at radius 1 is 1.12 bits per heavy atom. The molecule has 1 aromatic carbocycles. The van der Waals surface area contributed by atoms with Crippen LogP contribution in [0, 0.1) is 0 Å². The third-order valence-electron chi connectivity index (χ3n) is 3.43. The highest BCUT2D eigenvalue weighted by Crippen LogP contribution is 2.25. The fraction of sp³-hybridized carbons (Fsp3) is 0.267. The maximum atomic E-state index is 6.13. The van der Waals surface area contributed by atoms with Gasteiger partial charge in [-0.1, -0.05) is 11.8 Å². The van der Waals surface area contributed by atoms with Crippen molar-refractivity contribution in [3.05, 3.63) is 30.1 Å². The number of benzene rings is 1. The van der Waals surface area contributed by atoms with Crippen molar-refractivity contribution >= 4 is 23.7 Å². The highest BCUT2D eigenvalue weighted by molar-refractivity contribution is 7.98. The second-order valence-electron chi connectivity index (χ2n) is 5.50. The maximum Gasteiger partial charge on any atom is 0.229 e. The number of methoxy groups -OCH3 is 1. The first kappa shape index (κ1) is 17.7. The molecule has 0 spiro atoms. The Labute approximate surface area is 154 Å². The van der Waals surface area contributed by atoms with Gasteiger partial charge in [0.2, 0.25) is 17.1 Å². The van der Waals surface area contributed by atoms with Crippen molar-refractivity contribution in [2.24, 2.45) is 0 Å². The Bertz CT molecular complexity index is 895. The molecule has 0 saturated heterocycles. The number of nitrogens with zero attached hydrogens (tertiary/aromatic N) is 7. The molecular formula is C15H19N9OS. The maximum absolute atomic E-state index is 6.13. The van der Waals surface area contributed by atoms with Crippen LogP contribution in [-0.4, -0.2) is 51.0 Å². The molecule has 3 rings (SSSR count). The lowest BCUT2D eigenvalue weighted by Crippen LogP contribution is -2.16. The van der Waals surface area contributed by atoms with Crippen molar-refractivity contribution < 1.29 is 4.74 Å². The standard InChI is InChI=1S/C15H19N9OS/c1-23(2)14-19-11(18-13(16)20-14)8-26-15-22-21-12(24(15)17)9-4-6-10(25-3)7-5-9/h4-7H,8,17H2,1-3H3,(H2,16,18,19,20). The van der Waals surface area contributed by atoms with Crippen LogP contribution in [-0.2, 0) is 5.75 Å². The number of nitrogens with two attached hydrogens (primary N) is 2. The average molecular weight is 373 g/mol. The lowest BCUT2D eigenvalue weighted by atomic mass is 10.2. The summed E-state index contributed by atoms with van der Waals surface area (Å²) in [7, 11) is 5.29. The van der Waals surface area contributed by atoms with Gasteiger partial charge in [-0.3, -0.25) is 0 Å². The molecule has 4 N–H and O–H groups in total. The summed E-state index contributed by atoms with van der Waals surface area (Å²) < 4.78 is 6.59. The van der Waals surface area contributed by atoms with Gasteiger partial charge in [-0.2, -0.15) is 15.0 Å². The van der Waals surface area contributed by atoms with Crippen molar-refractivity contribution in [3.63, 3.8) is 0 Å². The number of ether oxygens (including phenoxy) is 1. The van der Waals surface area contributed by atoms with Gasteiger partial charge in [-0.05, 0) is 24.3 Å². The third kappa shape index (κ3) is 3.77. The molecule has 0 aliphatic carbocycles. The molecule has 3 aromatic rings. The number of rotatable bonds is 6. The Morgan fingerprint density at radius 2 is 1.85 bits per heavy atom. The SMILES string of the molecule is COc1ccc(-c2nnc(SCc3nc(N)nc(N(C)C)n3)n2N)cc1. The molecule has 2 heterocycles. The Balaban J connectivity index is 1.76. The quantitative estimate of drug-likeness (QED) is 0.472. The molecule has 0 fully saturated rings. The molecule has 0 aliphatic rings. The van der Waals surface area contributed by atoms with Gasteiger partial charge in [-0.15, -0.1) is 10.2 Å². The van der Waals surface area contributed by atoms with Crippen molar-refractivity contribution in [1.82, 2.24) is 29.8 Å². The first-order valence-corrected chi connectivity index (χ1v) is 8.62. The van der Waals surface area contributed by atoms with E-state index >= 15 is 0 Å². The second-order valence-corrected chi connectivity index (χ2v) is 6.44. The van der Waals surface area contributed by atoms with E-state index in [1.54, 1.807) is 12.0 Å². The first-order valence-electron chi connectivity index (χ1n) is 7.63. The Kier molecular flexibility index (Phi) is 5.07. The number of aromatic nitrogens is 6. The van der Waals surface area contributed by atoms with E-state index in [0.29, 0.717) is 28.5 Å². The molecular weight excluding hydrogens is 354 g/mol. The Hall–Kier alpha value is -3.08. The summed E-state index contributed by atoms with van der Waals surface area (Å²) >= 11 is 1.37. The highest BCUT2D eigenvalue weighted by Gasteiger charge is 2.14. The van der Waals surface area contributed by atoms with E-state index in [-0.39, 0.29) is 5.95 Å². The van der Waals surface area contributed by atoms with E-state index in [0.717, 1.165) is 11.3 Å². The van der Waals surface area contributed by atoms with E-state index in [9.17, 15) is 0 Å². The molecule has 0 atom stereocenters. The van der Waals surface area contributed by atoms with Crippen LogP contribution in [0.2, 0.25) is 0 Å². The summed E-state index contributed by atoms with van der Waals surface area (Å²) in [6.07, 6.45) is 0. The van der Waals surface area contributed by atoms with Crippen LogP contribution in [0.25, 0.3) is 11.4 Å². The van der Waals surface area contributed by atoms with E-state index in [1.807, 2.05) is 38.4 Å². The van der Waals surface area contributed by atoms with Gasteiger partial charge < -0.3 is 21.2 Å². The number of thioether (sulfide) groups is 1. The van der Waals surface area contributed by atoms with Crippen LogP contribution in [0.15, 0.2) is 29.4 Å². The van der Waals surface area contributed by atoms with E-state index in [1.165, 1.54) is 16.4 Å². The molecule has 10 nitrogen and oxygen atoms in total. The predicted molar refractivity (Wildman–Crippen MR) is 100 cm³/mol. The van der Waals surface area contributed by atoms with Crippen molar-refractivity contribution in [2.45, 2.75) is 10.9 Å². The van der Waals surface area contributed by atoms with Crippen molar-refractivity contribution in [3.8, 4) is 17.1 Å². The average Bonchev–Trinajstić information content (AvgIpc) is 3.00. The molecule has 0 radical (unpaired) electrons. The molecule has 0 saturated carbocycles. The van der Waals surface area contributed by atoms with Crippen LogP contribution in [0.4, 0.5) is 11.9 Å². The summed E-state index contributed by atoms with van der Waals surface area (Å²) in [6.45, 7) is 0. The predicted octanol–water partition coefficient (Wildman–Crippen LogP) is 0.793. The van der Waals surface area contributed by atoms with Gasteiger partial charge >= 0.3 is 0 Å². The number of hydrogen-bond donors (Lipinski definition) is 2. The lowest BCUT2D eigenvalue weighted by Gasteiger charge is -2.11. The molecule has 0 aliphatic heterocycles. The van der Waals surface area contributed by atoms with Gasteiger partial charge in [0.15, 0.2) is 5.82 Å². The minimum absolute atomic E-state index is 0.174. The van der Waals surface area contributed by atoms with Crippen LogP contribution in [0.1, 0.15) is 5.82 Å². The Morgan fingerprint density at radius 3 is 2.50 bits per heavy atom. The zero-order chi connectivity index (χ0) is 18.7. The van der Waals surface area contributed by atoms with Gasteiger partial charge in [0.25, 0.3) is 0 Å². The van der Waals surface area contributed by atoms with Gasteiger partial charge in [0.1, 0.15) is 11.6 Å². The smallest absolute Gasteiger partial charge is 0.229 e.